The molecule has 4 heteroatoms. The van der Waals surface area contributed by atoms with Gasteiger partial charge in [0.05, 0.1) is 0 Å². The van der Waals surface area contributed by atoms with Crippen LogP contribution in [0.25, 0.3) is 0 Å². The van der Waals surface area contributed by atoms with E-state index in [1.54, 1.807) is 19.1 Å². The maximum Gasteiger partial charge on any atom is 0.299 e. The van der Waals surface area contributed by atoms with Gasteiger partial charge >= 0.3 is 0 Å². The number of benzene rings is 1. The van der Waals surface area contributed by atoms with Gasteiger partial charge in [0, 0.05) is 0 Å². The summed E-state index contributed by atoms with van der Waals surface area (Å²) in [5.74, 6) is 0.306. The zero-order valence-electron chi connectivity index (χ0n) is 6.90. The minimum Gasteiger partial charge on any atom is -0.276 e. The van der Waals surface area contributed by atoms with Gasteiger partial charge in [0.15, 0.2) is 0 Å². The molecule has 0 atom stereocenters. The second kappa shape index (κ2) is 3.21. The van der Waals surface area contributed by atoms with E-state index in [1.165, 1.54) is 0 Å². The van der Waals surface area contributed by atoms with Crippen LogP contribution in [-0.2, 0) is 0 Å². The summed E-state index contributed by atoms with van der Waals surface area (Å²) in [6.45, 7) is 3.62. The highest BCUT2D eigenvalue weighted by molar-refractivity contribution is 5.35. The van der Waals surface area contributed by atoms with Crippen molar-refractivity contribution in [2.24, 2.45) is 0 Å². The SMILES string of the molecule is Cc1ccc(C)c(O[N+](=O)[O-])c1. The highest BCUT2D eigenvalue weighted by Crippen LogP contribution is 2.18. The van der Waals surface area contributed by atoms with Crippen molar-refractivity contribution in [2.45, 2.75) is 13.8 Å². The summed E-state index contributed by atoms with van der Waals surface area (Å²) in [6, 6.07) is 5.30. The average Bonchev–Trinajstić information content (AvgIpc) is 1.96. The Morgan fingerprint density at radius 3 is 2.67 bits per heavy atom. The number of hydrogen-bond acceptors (Lipinski definition) is 3. The molecule has 1 aromatic carbocycles. The molecule has 0 unspecified atom stereocenters. The molecule has 0 amide bonds. The third-order valence-electron chi connectivity index (χ3n) is 1.52. The summed E-state index contributed by atoms with van der Waals surface area (Å²) in [5.41, 5.74) is 1.70. The van der Waals surface area contributed by atoms with E-state index in [-0.39, 0.29) is 0 Å². The van der Waals surface area contributed by atoms with E-state index < -0.39 is 5.09 Å². The van der Waals surface area contributed by atoms with Crippen LogP contribution in [0.3, 0.4) is 0 Å². The molecular weight excluding hydrogens is 158 g/mol. The van der Waals surface area contributed by atoms with Crippen molar-refractivity contribution in [1.82, 2.24) is 0 Å². The number of aryl methyl sites for hydroxylation is 2. The Kier molecular flexibility index (Phi) is 2.28. The lowest BCUT2D eigenvalue weighted by Gasteiger charge is -2.02. The molecule has 64 valence electrons. The highest BCUT2D eigenvalue weighted by Gasteiger charge is 2.02. The molecule has 1 rings (SSSR count). The van der Waals surface area contributed by atoms with Crippen LogP contribution in [0.2, 0.25) is 0 Å². The first-order valence-corrected chi connectivity index (χ1v) is 3.49. The Labute approximate surface area is 69.9 Å². The smallest absolute Gasteiger partial charge is 0.276 e. The van der Waals surface area contributed by atoms with Crippen LogP contribution in [0.5, 0.6) is 5.75 Å². The van der Waals surface area contributed by atoms with Crippen molar-refractivity contribution in [3.63, 3.8) is 0 Å². The van der Waals surface area contributed by atoms with Gasteiger partial charge in [-0.05, 0) is 31.0 Å². The molecule has 0 saturated heterocycles. The van der Waals surface area contributed by atoms with E-state index in [1.807, 2.05) is 13.0 Å². The van der Waals surface area contributed by atoms with E-state index >= 15 is 0 Å². The van der Waals surface area contributed by atoms with Gasteiger partial charge in [-0.2, -0.15) is 0 Å². The maximum absolute atomic E-state index is 10.0. The molecule has 4 nitrogen and oxygen atoms in total. The molecule has 0 aliphatic rings. The fraction of sp³-hybridized carbons (Fsp3) is 0.250. The minimum atomic E-state index is -0.804. The molecule has 0 spiro atoms. The van der Waals surface area contributed by atoms with Crippen LogP contribution in [0.15, 0.2) is 18.2 Å². The number of hydrogen-bond donors (Lipinski definition) is 0. The predicted octanol–water partition coefficient (Wildman–Crippen LogP) is 1.87. The third-order valence-corrected chi connectivity index (χ3v) is 1.52. The number of rotatable bonds is 2. The molecule has 0 N–H and O–H groups in total. The van der Waals surface area contributed by atoms with Crippen LogP contribution in [0.1, 0.15) is 11.1 Å². The topological polar surface area (TPSA) is 52.4 Å². The molecule has 0 aliphatic carbocycles. The van der Waals surface area contributed by atoms with Crippen molar-refractivity contribution in [2.75, 3.05) is 0 Å². The Balaban J connectivity index is 2.97. The second-order valence-electron chi connectivity index (χ2n) is 2.58. The molecule has 1 aromatic rings. The lowest BCUT2D eigenvalue weighted by Crippen LogP contribution is -2.04. The average molecular weight is 167 g/mol. The molecule has 0 heterocycles. The fourth-order valence-corrected chi connectivity index (χ4v) is 0.886. The fourth-order valence-electron chi connectivity index (χ4n) is 0.886. The van der Waals surface area contributed by atoms with Gasteiger partial charge in [-0.25, -0.2) is 0 Å². The molecular formula is C8H9NO3. The lowest BCUT2D eigenvalue weighted by molar-refractivity contribution is -0.711. The Bertz CT molecular complexity index is 309. The number of nitrogens with zero attached hydrogens (tertiary/aromatic N) is 1. The summed E-state index contributed by atoms with van der Waals surface area (Å²) in [7, 11) is 0. The van der Waals surface area contributed by atoms with E-state index in [9.17, 15) is 10.1 Å². The van der Waals surface area contributed by atoms with E-state index in [0.29, 0.717) is 5.75 Å². The van der Waals surface area contributed by atoms with Gasteiger partial charge in [0.25, 0.3) is 5.09 Å². The van der Waals surface area contributed by atoms with Crippen LogP contribution >= 0.6 is 0 Å². The molecule has 12 heavy (non-hydrogen) atoms. The largest absolute Gasteiger partial charge is 0.299 e. The standard InChI is InChI=1S/C8H9NO3/c1-6-3-4-7(2)8(5-6)12-9(10)11/h3-5H,1-2H3. The molecule has 0 bridgehead atoms. The first kappa shape index (κ1) is 8.52. The van der Waals surface area contributed by atoms with E-state index in [2.05, 4.69) is 4.84 Å². The molecule has 0 aliphatic heterocycles. The Morgan fingerprint density at radius 2 is 2.08 bits per heavy atom. The zero-order valence-corrected chi connectivity index (χ0v) is 6.90. The van der Waals surface area contributed by atoms with Gasteiger partial charge in [0.1, 0.15) is 5.75 Å². The van der Waals surface area contributed by atoms with Crippen molar-refractivity contribution < 1.29 is 9.92 Å². The quantitative estimate of drug-likeness (QED) is 0.499. The van der Waals surface area contributed by atoms with Crippen molar-refractivity contribution in [3.8, 4) is 5.75 Å². The highest BCUT2D eigenvalue weighted by atomic mass is 17.0. The molecule has 0 saturated carbocycles. The van der Waals surface area contributed by atoms with Crippen molar-refractivity contribution in [1.29, 1.82) is 0 Å². The maximum atomic E-state index is 10.0. The van der Waals surface area contributed by atoms with E-state index in [0.717, 1.165) is 11.1 Å². The Morgan fingerprint density at radius 1 is 1.42 bits per heavy atom. The van der Waals surface area contributed by atoms with Crippen LogP contribution in [0.4, 0.5) is 0 Å². The van der Waals surface area contributed by atoms with Crippen LogP contribution < -0.4 is 4.84 Å². The van der Waals surface area contributed by atoms with Crippen molar-refractivity contribution in [3.05, 3.63) is 39.4 Å². The van der Waals surface area contributed by atoms with Gasteiger partial charge in [0.2, 0.25) is 0 Å². The summed E-state index contributed by atoms with van der Waals surface area (Å²) in [6.07, 6.45) is 0. The van der Waals surface area contributed by atoms with Gasteiger partial charge in [-0.15, -0.1) is 10.1 Å². The second-order valence-corrected chi connectivity index (χ2v) is 2.58. The van der Waals surface area contributed by atoms with Crippen molar-refractivity contribution >= 4 is 0 Å². The van der Waals surface area contributed by atoms with Crippen LogP contribution in [0, 0.1) is 24.0 Å². The van der Waals surface area contributed by atoms with Crippen LogP contribution in [-0.4, -0.2) is 5.09 Å². The normalized spacial score (nSPS) is 9.50. The predicted molar refractivity (Wildman–Crippen MR) is 43.5 cm³/mol. The molecule has 0 aromatic heterocycles. The first-order valence-electron chi connectivity index (χ1n) is 3.49. The van der Waals surface area contributed by atoms with E-state index in [4.69, 9.17) is 0 Å². The summed E-state index contributed by atoms with van der Waals surface area (Å²) < 4.78 is 0. The summed E-state index contributed by atoms with van der Waals surface area (Å²) in [4.78, 5) is 14.4. The summed E-state index contributed by atoms with van der Waals surface area (Å²) >= 11 is 0. The van der Waals surface area contributed by atoms with Gasteiger partial charge in [-0.3, -0.25) is 4.84 Å². The lowest BCUT2D eigenvalue weighted by atomic mass is 10.1. The third kappa shape index (κ3) is 1.95. The Hall–Kier alpha value is -1.58. The molecule has 0 radical (unpaired) electrons. The zero-order chi connectivity index (χ0) is 9.14. The minimum absolute atomic E-state index is 0.306. The first-order chi connectivity index (χ1) is 5.59. The van der Waals surface area contributed by atoms with Gasteiger partial charge in [-0.1, -0.05) is 12.1 Å². The summed E-state index contributed by atoms with van der Waals surface area (Å²) in [5, 5.41) is 9.21. The monoisotopic (exact) mass is 167 g/mol. The molecule has 0 fully saturated rings. The van der Waals surface area contributed by atoms with Gasteiger partial charge < -0.3 is 0 Å².